The number of anilines is 1. The lowest BCUT2D eigenvalue weighted by Crippen LogP contribution is -2.36. The lowest BCUT2D eigenvalue weighted by Gasteiger charge is -2.30. The first kappa shape index (κ1) is 15.2. The molecule has 0 spiro atoms. The van der Waals surface area contributed by atoms with Crippen molar-refractivity contribution in [2.75, 3.05) is 25.2 Å². The number of hydrogen-bond donors (Lipinski definition) is 1. The number of pyridine rings is 1. The van der Waals surface area contributed by atoms with E-state index in [4.69, 9.17) is 22.1 Å². The van der Waals surface area contributed by atoms with Crippen LogP contribution in [0, 0.1) is 0 Å². The molecule has 1 rings (SSSR count). The zero-order valence-electron chi connectivity index (χ0n) is 11.3. The first-order chi connectivity index (χ1) is 8.65. The van der Waals surface area contributed by atoms with E-state index >= 15 is 0 Å². The van der Waals surface area contributed by atoms with Crippen molar-refractivity contribution in [3.63, 3.8) is 0 Å². The van der Waals surface area contributed by atoms with Gasteiger partial charge in [-0.05, 0) is 25.0 Å². The Hall–Kier alpha value is -0.840. The van der Waals surface area contributed by atoms with E-state index in [0.717, 1.165) is 24.3 Å². The standard InChI is InChI=1S/C13H22ClN3O/c1-4-10(2)17(7-8-18-3)13-12(14)11(9-15)5-6-16-13/h5-6,10H,4,7-9,15H2,1-3H3. The van der Waals surface area contributed by atoms with Gasteiger partial charge < -0.3 is 15.4 Å². The molecule has 102 valence electrons. The molecule has 0 radical (unpaired) electrons. The third kappa shape index (κ3) is 3.57. The minimum Gasteiger partial charge on any atom is -0.383 e. The monoisotopic (exact) mass is 271 g/mol. The maximum atomic E-state index is 6.36. The highest BCUT2D eigenvalue weighted by molar-refractivity contribution is 6.33. The first-order valence-electron chi connectivity index (χ1n) is 6.24. The number of halogens is 1. The summed E-state index contributed by atoms with van der Waals surface area (Å²) in [5, 5.41) is 0.649. The highest BCUT2D eigenvalue weighted by Crippen LogP contribution is 2.28. The summed E-state index contributed by atoms with van der Waals surface area (Å²) in [6, 6.07) is 2.22. The average Bonchev–Trinajstić information content (AvgIpc) is 2.40. The van der Waals surface area contributed by atoms with Gasteiger partial charge in [-0.25, -0.2) is 4.98 Å². The maximum absolute atomic E-state index is 6.36. The van der Waals surface area contributed by atoms with Crippen LogP contribution in [0.2, 0.25) is 5.02 Å². The zero-order chi connectivity index (χ0) is 13.5. The van der Waals surface area contributed by atoms with E-state index in [1.807, 2.05) is 6.07 Å². The molecule has 0 aromatic carbocycles. The largest absolute Gasteiger partial charge is 0.383 e. The molecule has 0 amide bonds. The van der Waals surface area contributed by atoms with Gasteiger partial charge in [-0.1, -0.05) is 18.5 Å². The van der Waals surface area contributed by atoms with Gasteiger partial charge in [-0.15, -0.1) is 0 Å². The molecular weight excluding hydrogens is 250 g/mol. The molecule has 1 atom stereocenters. The summed E-state index contributed by atoms with van der Waals surface area (Å²) in [6.45, 7) is 6.14. The van der Waals surface area contributed by atoms with Gasteiger partial charge in [0.2, 0.25) is 0 Å². The number of nitrogens with zero attached hydrogens (tertiary/aromatic N) is 2. The predicted octanol–water partition coefficient (Wildman–Crippen LogP) is 2.45. The Morgan fingerprint density at radius 2 is 2.28 bits per heavy atom. The second-order valence-electron chi connectivity index (χ2n) is 4.26. The highest BCUT2D eigenvalue weighted by atomic mass is 35.5. The second kappa shape index (κ2) is 7.56. The lowest BCUT2D eigenvalue weighted by atomic mass is 10.2. The van der Waals surface area contributed by atoms with Crippen LogP contribution < -0.4 is 10.6 Å². The molecule has 2 N–H and O–H groups in total. The summed E-state index contributed by atoms with van der Waals surface area (Å²) in [5.41, 5.74) is 6.60. The van der Waals surface area contributed by atoms with E-state index in [9.17, 15) is 0 Å². The fourth-order valence-corrected chi connectivity index (χ4v) is 2.07. The molecule has 1 unspecified atom stereocenters. The van der Waals surface area contributed by atoms with Crippen molar-refractivity contribution >= 4 is 17.4 Å². The SMILES string of the molecule is CCC(C)N(CCOC)c1nccc(CN)c1Cl. The number of ether oxygens (including phenoxy) is 1. The number of nitrogens with two attached hydrogens (primary N) is 1. The van der Waals surface area contributed by atoms with Crippen LogP contribution in [0.4, 0.5) is 5.82 Å². The summed E-state index contributed by atoms with van der Waals surface area (Å²) in [6.07, 6.45) is 2.78. The Morgan fingerprint density at radius 1 is 1.56 bits per heavy atom. The fourth-order valence-electron chi connectivity index (χ4n) is 1.77. The van der Waals surface area contributed by atoms with E-state index in [1.54, 1.807) is 13.3 Å². The lowest BCUT2D eigenvalue weighted by molar-refractivity contribution is 0.203. The Morgan fingerprint density at radius 3 is 2.83 bits per heavy atom. The van der Waals surface area contributed by atoms with Crippen molar-refractivity contribution in [3.05, 3.63) is 22.8 Å². The molecule has 0 saturated heterocycles. The second-order valence-corrected chi connectivity index (χ2v) is 4.63. The van der Waals surface area contributed by atoms with Crippen LogP contribution in [-0.2, 0) is 11.3 Å². The minimum atomic E-state index is 0.359. The molecule has 1 aromatic rings. The summed E-state index contributed by atoms with van der Waals surface area (Å²) in [5.74, 6) is 0.797. The van der Waals surface area contributed by atoms with E-state index in [1.165, 1.54) is 0 Å². The van der Waals surface area contributed by atoms with Crippen LogP contribution in [-0.4, -0.2) is 31.3 Å². The molecule has 4 nitrogen and oxygen atoms in total. The first-order valence-corrected chi connectivity index (χ1v) is 6.62. The van der Waals surface area contributed by atoms with Crippen LogP contribution in [0.5, 0.6) is 0 Å². The van der Waals surface area contributed by atoms with Crippen molar-refractivity contribution in [2.24, 2.45) is 5.73 Å². The molecule has 0 aliphatic heterocycles. The third-order valence-corrected chi connectivity index (χ3v) is 3.51. The third-order valence-electron chi connectivity index (χ3n) is 3.10. The number of aromatic nitrogens is 1. The van der Waals surface area contributed by atoms with Crippen molar-refractivity contribution < 1.29 is 4.74 Å². The van der Waals surface area contributed by atoms with Crippen LogP contribution in [0.3, 0.4) is 0 Å². The Kier molecular flexibility index (Phi) is 6.39. The van der Waals surface area contributed by atoms with Crippen molar-refractivity contribution in [1.82, 2.24) is 4.98 Å². The fraction of sp³-hybridized carbons (Fsp3) is 0.615. The number of rotatable bonds is 7. The van der Waals surface area contributed by atoms with E-state index in [-0.39, 0.29) is 0 Å². The average molecular weight is 272 g/mol. The van der Waals surface area contributed by atoms with Gasteiger partial charge in [0, 0.05) is 32.4 Å². The van der Waals surface area contributed by atoms with Crippen molar-refractivity contribution in [3.8, 4) is 0 Å². The molecule has 0 aliphatic carbocycles. The van der Waals surface area contributed by atoms with Gasteiger partial charge in [0.25, 0.3) is 0 Å². The predicted molar refractivity (Wildman–Crippen MR) is 76.1 cm³/mol. The summed E-state index contributed by atoms with van der Waals surface area (Å²) in [7, 11) is 1.69. The number of hydrogen-bond acceptors (Lipinski definition) is 4. The Bertz CT molecular complexity index is 373. The van der Waals surface area contributed by atoms with Crippen LogP contribution in [0.1, 0.15) is 25.8 Å². The van der Waals surface area contributed by atoms with E-state index < -0.39 is 0 Å². The summed E-state index contributed by atoms with van der Waals surface area (Å²) < 4.78 is 5.15. The molecule has 0 saturated carbocycles. The van der Waals surface area contributed by atoms with Gasteiger partial charge in [-0.2, -0.15) is 0 Å². The smallest absolute Gasteiger partial charge is 0.147 e. The number of methoxy groups -OCH3 is 1. The summed E-state index contributed by atoms with van der Waals surface area (Å²) in [4.78, 5) is 6.56. The van der Waals surface area contributed by atoms with Gasteiger partial charge in [-0.3, -0.25) is 0 Å². The van der Waals surface area contributed by atoms with Gasteiger partial charge >= 0.3 is 0 Å². The van der Waals surface area contributed by atoms with Crippen LogP contribution in [0.15, 0.2) is 12.3 Å². The van der Waals surface area contributed by atoms with E-state index in [2.05, 4.69) is 23.7 Å². The van der Waals surface area contributed by atoms with Gasteiger partial charge in [0.05, 0.1) is 11.6 Å². The molecule has 5 heteroatoms. The maximum Gasteiger partial charge on any atom is 0.147 e. The molecule has 1 aromatic heterocycles. The van der Waals surface area contributed by atoms with E-state index in [0.29, 0.717) is 24.2 Å². The Balaban J connectivity index is 3.04. The molecule has 0 fully saturated rings. The van der Waals surface area contributed by atoms with Crippen LogP contribution >= 0.6 is 11.6 Å². The quantitative estimate of drug-likeness (QED) is 0.828. The molecular formula is C13H22ClN3O. The topological polar surface area (TPSA) is 51.4 Å². The molecule has 0 bridgehead atoms. The normalized spacial score (nSPS) is 12.5. The summed E-state index contributed by atoms with van der Waals surface area (Å²) >= 11 is 6.36. The van der Waals surface area contributed by atoms with Gasteiger partial charge in [0.15, 0.2) is 0 Å². The van der Waals surface area contributed by atoms with Gasteiger partial charge in [0.1, 0.15) is 5.82 Å². The highest BCUT2D eigenvalue weighted by Gasteiger charge is 2.18. The Labute approximate surface area is 114 Å². The van der Waals surface area contributed by atoms with Crippen LogP contribution in [0.25, 0.3) is 0 Å². The minimum absolute atomic E-state index is 0.359. The molecule has 18 heavy (non-hydrogen) atoms. The molecule has 0 aliphatic rings. The zero-order valence-corrected chi connectivity index (χ0v) is 12.1. The van der Waals surface area contributed by atoms with Crippen molar-refractivity contribution in [2.45, 2.75) is 32.9 Å². The van der Waals surface area contributed by atoms with Crippen molar-refractivity contribution in [1.29, 1.82) is 0 Å². The molecule has 1 heterocycles.